The van der Waals surface area contributed by atoms with Crippen molar-refractivity contribution in [1.82, 2.24) is 25.5 Å². The summed E-state index contributed by atoms with van der Waals surface area (Å²) in [6.07, 6.45) is 2.11. The summed E-state index contributed by atoms with van der Waals surface area (Å²) < 4.78 is 0. The van der Waals surface area contributed by atoms with Crippen molar-refractivity contribution in [3.8, 4) is 11.4 Å². The number of aromatic nitrogens is 4. The van der Waals surface area contributed by atoms with E-state index in [1.165, 1.54) is 4.80 Å². The van der Waals surface area contributed by atoms with Gasteiger partial charge in [0.15, 0.2) is 0 Å². The number of rotatable bonds is 4. The van der Waals surface area contributed by atoms with E-state index in [1.807, 2.05) is 12.1 Å². The largest absolute Gasteiger partial charge is 0.351 e. The number of amides is 1. The number of nitrogens with zero attached hydrogens (tertiary/aromatic N) is 4. The van der Waals surface area contributed by atoms with Gasteiger partial charge in [0.2, 0.25) is 11.7 Å². The Morgan fingerprint density at radius 2 is 2.30 bits per heavy atom. The normalized spacial score (nSPS) is 15.9. The molecule has 1 aromatic heterocycles. The van der Waals surface area contributed by atoms with Crippen LogP contribution in [0.25, 0.3) is 11.4 Å². The number of carbonyl (C=O) groups excluding carboxylic acids is 1. The lowest BCUT2D eigenvalue weighted by molar-refractivity contribution is -0.124. The lowest BCUT2D eigenvalue weighted by atomic mass is 10.2. The Balaban J connectivity index is 1.77. The quantitative estimate of drug-likeness (QED) is 0.933. The highest BCUT2D eigenvalue weighted by Crippen LogP contribution is 2.21. The Morgan fingerprint density at radius 1 is 1.50 bits per heavy atom. The average Bonchev–Trinajstić information content (AvgIpc) is 3.11. The summed E-state index contributed by atoms with van der Waals surface area (Å²) in [5.74, 6) is 0.376. The molecule has 1 aromatic carbocycles. The molecule has 1 aliphatic rings. The molecule has 0 saturated heterocycles. The third-order valence-corrected chi connectivity index (χ3v) is 3.40. The molecule has 104 valence electrons. The molecule has 0 radical (unpaired) electrons. The molecule has 0 spiro atoms. The Morgan fingerprint density at radius 3 is 3.00 bits per heavy atom. The monoisotopic (exact) mass is 291 g/mol. The molecule has 2 aromatic rings. The summed E-state index contributed by atoms with van der Waals surface area (Å²) in [6, 6.07) is 7.06. The van der Waals surface area contributed by atoms with Crippen LogP contribution in [-0.4, -0.2) is 32.2 Å². The minimum atomic E-state index is -0.476. The van der Waals surface area contributed by atoms with Crippen molar-refractivity contribution in [2.45, 2.75) is 31.8 Å². The van der Waals surface area contributed by atoms with Gasteiger partial charge in [-0.2, -0.15) is 4.80 Å². The van der Waals surface area contributed by atoms with Gasteiger partial charge in [-0.25, -0.2) is 0 Å². The van der Waals surface area contributed by atoms with Crippen molar-refractivity contribution in [3.05, 3.63) is 29.3 Å². The zero-order valence-electron chi connectivity index (χ0n) is 11.0. The summed E-state index contributed by atoms with van der Waals surface area (Å²) in [5.41, 5.74) is 0.776. The number of tetrazole rings is 1. The summed E-state index contributed by atoms with van der Waals surface area (Å²) >= 11 is 5.93. The van der Waals surface area contributed by atoms with Crippen LogP contribution in [-0.2, 0) is 4.79 Å². The maximum atomic E-state index is 11.9. The fourth-order valence-electron chi connectivity index (χ4n) is 1.79. The van der Waals surface area contributed by atoms with Crippen LogP contribution in [0.2, 0.25) is 5.02 Å². The van der Waals surface area contributed by atoms with Crippen LogP contribution in [0, 0.1) is 0 Å². The van der Waals surface area contributed by atoms with Crippen molar-refractivity contribution < 1.29 is 4.79 Å². The summed E-state index contributed by atoms with van der Waals surface area (Å²) in [4.78, 5) is 13.3. The smallest absolute Gasteiger partial charge is 0.246 e. The van der Waals surface area contributed by atoms with Gasteiger partial charge in [-0.05, 0) is 37.1 Å². The fourth-order valence-corrected chi connectivity index (χ4v) is 1.98. The zero-order chi connectivity index (χ0) is 14.1. The first kappa shape index (κ1) is 13.1. The Kier molecular flexibility index (Phi) is 3.40. The van der Waals surface area contributed by atoms with E-state index < -0.39 is 6.04 Å². The number of carbonyl (C=O) groups is 1. The molecular weight excluding hydrogens is 278 g/mol. The number of nitrogens with one attached hydrogen (secondary N) is 1. The predicted molar refractivity (Wildman–Crippen MR) is 74.1 cm³/mol. The Bertz CT molecular complexity index is 637. The second kappa shape index (κ2) is 5.20. The maximum absolute atomic E-state index is 11.9. The minimum Gasteiger partial charge on any atom is -0.351 e. The van der Waals surface area contributed by atoms with Gasteiger partial charge >= 0.3 is 0 Å². The zero-order valence-corrected chi connectivity index (χ0v) is 11.7. The van der Waals surface area contributed by atoms with Gasteiger partial charge in [0.25, 0.3) is 0 Å². The molecule has 0 aliphatic heterocycles. The van der Waals surface area contributed by atoms with Gasteiger partial charge in [0.05, 0.1) is 0 Å². The molecule has 3 rings (SSSR count). The number of benzene rings is 1. The molecule has 1 aliphatic carbocycles. The first-order valence-corrected chi connectivity index (χ1v) is 6.87. The van der Waals surface area contributed by atoms with Crippen molar-refractivity contribution in [2.24, 2.45) is 0 Å². The van der Waals surface area contributed by atoms with Crippen molar-refractivity contribution in [3.63, 3.8) is 0 Å². The fraction of sp³-hybridized carbons (Fsp3) is 0.385. The van der Waals surface area contributed by atoms with Gasteiger partial charge < -0.3 is 5.32 Å². The van der Waals surface area contributed by atoms with Crippen LogP contribution >= 0.6 is 11.6 Å². The topological polar surface area (TPSA) is 72.7 Å². The van der Waals surface area contributed by atoms with E-state index in [-0.39, 0.29) is 5.91 Å². The van der Waals surface area contributed by atoms with Crippen LogP contribution < -0.4 is 5.32 Å². The van der Waals surface area contributed by atoms with Crippen molar-refractivity contribution in [1.29, 1.82) is 0 Å². The van der Waals surface area contributed by atoms with Crippen LogP contribution in [0.5, 0.6) is 0 Å². The van der Waals surface area contributed by atoms with Gasteiger partial charge in [-0.15, -0.1) is 10.2 Å². The van der Waals surface area contributed by atoms with E-state index in [4.69, 9.17) is 11.6 Å². The molecule has 1 heterocycles. The van der Waals surface area contributed by atoms with E-state index in [0.29, 0.717) is 16.9 Å². The standard InChI is InChI=1S/C13H14ClN5O/c1-8(13(20)15-11-5-6-11)19-17-12(16-18-19)9-3-2-4-10(14)7-9/h2-4,7-8,11H,5-6H2,1H3,(H,15,20)/t8-/m1/s1. The lowest BCUT2D eigenvalue weighted by Gasteiger charge is -2.09. The average molecular weight is 292 g/mol. The van der Waals surface area contributed by atoms with E-state index in [0.717, 1.165) is 18.4 Å². The summed E-state index contributed by atoms with van der Waals surface area (Å²) in [5, 5.41) is 15.7. The minimum absolute atomic E-state index is 0.0810. The highest BCUT2D eigenvalue weighted by Gasteiger charge is 2.27. The number of hydrogen-bond donors (Lipinski definition) is 1. The van der Waals surface area contributed by atoms with Crippen LogP contribution in [0.3, 0.4) is 0 Å². The highest BCUT2D eigenvalue weighted by molar-refractivity contribution is 6.30. The molecule has 0 bridgehead atoms. The van der Waals surface area contributed by atoms with Crippen molar-refractivity contribution >= 4 is 17.5 Å². The molecule has 1 saturated carbocycles. The van der Waals surface area contributed by atoms with Gasteiger partial charge in [-0.1, -0.05) is 23.7 Å². The number of hydrogen-bond acceptors (Lipinski definition) is 4. The van der Waals surface area contributed by atoms with Gasteiger partial charge in [0.1, 0.15) is 6.04 Å². The second-order valence-electron chi connectivity index (χ2n) is 4.90. The van der Waals surface area contributed by atoms with E-state index in [1.54, 1.807) is 19.1 Å². The SMILES string of the molecule is C[C@H](C(=O)NC1CC1)n1nnc(-c2cccc(Cl)c2)n1. The molecule has 7 heteroatoms. The Hall–Kier alpha value is -1.95. The predicted octanol–water partition coefficient (Wildman–Crippen LogP) is 1.83. The second-order valence-corrected chi connectivity index (χ2v) is 5.34. The summed E-state index contributed by atoms with van der Waals surface area (Å²) in [6.45, 7) is 1.75. The molecule has 1 N–H and O–H groups in total. The third kappa shape index (κ3) is 2.80. The van der Waals surface area contributed by atoms with Crippen molar-refractivity contribution in [2.75, 3.05) is 0 Å². The molecule has 1 amide bonds. The van der Waals surface area contributed by atoms with Crippen LogP contribution in [0.4, 0.5) is 0 Å². The first-order valence-electron chi connectivity index (χ1n) is 6.49. The Labute approximate surface area is 121 Å². The molecular formula is C13H14ClN5O. The molecule has 6 nitrogen and oxygen atoms in total. The third-order valence-electron chi connectivity index (χ3n) is 3.16. The number of halogens is 1. The molecule has 1 atom stereocenters. The highest BCUT2D eigenvalue weighted by atomic mass is 35.5. The van der Waals surface area contributed by atoms with Gasteiger partial charge in [-0.3, -0.25) is 4.79 Å². The maximum Gasteiger partial charge on any atom is 0.246 e. The molecule has 0 unspecified atom stereocenters. The van der Waals surface area contributed by atoms with E-state index in [2.05, 4.69) is 20.7 Å². The van der Waals surface area contributed by atoms with E-state index in [9.17, 15) is 4.79 Å². The van der Waals surface area contributed by atoms with Crippen LogP contribution in [0.1, 0.15) is 25.8 Å². The van der Waals surface area contributed by atoms with Crippen LogP contribution in [0.15, 0.2) is 24.3 Å². The summed E-state index contributed by atoms with van der Waals surface area (Å²) in [7, 11) is 0. The molecule has 20 heavy (non-hydrogen) atoms. The van der Waals surface area contributed by atoms with E-state index >= 15 is 0 Å². The van der Waals surface area contributed by atoms with Gasteiger partial charge in [0, 0.05) is 16.6 Å². The first-order chi connectivity index (χ1) is 9.63. The lowest BCUT2D eigenvalue weighted by Crippen LogP contribution is -2.33. The molecule has 1 fully saturated rings.